The molecule has 0 spiro atoms. The highest BCUT2D eigenvalue weighted by Crippen LogP contribution is 2.31. The lowest BCUT2D eigenvalue weighted by Crippen LogP contribution is -2.09. The fourth-order valence-corrected chi connectivity index (χ4v) is 3.74. The van der Waals surface area contributed by atoms with E-state index in [2.05, 4.69) is 19.2 Å². The zero-order valence-corrected chi connectivity index (χ0v) is 21.2. The zero-order chi connectivity index (χ0) is 25.3. The minimum Gasteiger partial charge on any atom is -0.408 e. The van der Waals surface area contributed by atoms with E-state index < -0.39 is 5.76 Å². The Morgan fingerprint density at radius 3 is 2.53 bits per heavy atom. The second-order valence-corrected chi connectivity index (χ2v) is 8.71. The van der Waals surface area contributed by atoms with Crippen LogP contribution in [0.5, 0.6) is 0 Å². The van der Waals surface area contributed by atoms with Crippen LogP contribution in [-0.4, -0.2) is 30.7 Å². The van der Waals surface area contributed by atoms with Gasteiger partial charge >= 0.3 is 5.76 Å². The molecule has 0 radical (unpaired) electrons. The molecule has 0 aliphatic heterocycles. The molecule has 3 rings (SSSR count). The first-order chi connectivity index (χ1) is 16.4. The largest absolute Gasteiger partial charge is 0.419 e. The molecule has 0 bridgehead atoms. The lowest BCUT2D eigenvalue weighted by atomic mass is 10.1. The molecule has 9 heteroatoms. The average molecular weight is 492 g/mol. The first-order valence-electron chi connectivity index (χ1n) is 11.4. The predicted octanol–water partition coefficient (Wildman–Crippen LogP) is 5.56. The molecular weight excluding hydrogens is 457 g/mol. The van der Waals surface area contributed by atoms with E-state index in [9.17, 15) is 14.0 Å². The maximum atomic E-state index is 13.4. The highest BCUT2D eigenvalue weighted by atomic mass is 32.1. The number of ether oxygens (including phenoxy) is 1. The molecule has 0 atom stereocenters. The summed E-state index contributed by atoms with van der Waals surface area (Å²) in [5.74, 6) is -0.591. The number of oxazole rings is 1. The van der Waals surface area contributed by atoms with Gasteiger partial charge in [-0.2, -0.15) is 5.26 Å². The van der Waals surface area contributed by atoms with Crippen molar-refractivity contribution in [2.45, 2.75) is 52.9 Å². The third kappa shape index (κ3) is 9.89. The van der Waals surface area contributed by atoms with Crippen molar-refractivity contribution in [2.75, 3.05) is 19.8 Å². The molecule has 186 valence electrons. The smallest absolute Gasteiger partial charge is 0.408 e. The van der Waals surface area contributed by atoms with Gasteiger partial charge < -0.3 is 14.5 Å². The van der Waals surface area contributed by atoms with Crippen LogP contribution in [0.3, 0.4) is 0 Å². The number of hydrogen-bond donors (Lipinski definition) is 1. The molecule has 0 aliphatic carbocycles. The lowest BCUT2D eigenvalue weighted by Gasteiger charge is -2.00. The fourth-order valence-electron chi connectivity index (χ4n) is 2.85. The van der Waals surface area contributed by atoms with E-state index in [-0.39, 0.29) is 12.4 Å². The number of halogens is 1. The number of aromatic nitrogens is 1. The van der Waals surface area contributed by atoms with Crippen molar-refractivity contribution < 1.29 is 18.3 Å². The Morgan fingerprint density at radius 2 is 1.97 bits per heavy atom. The molecule has 3 aromatic rings. The Bertz CT molecular complexity index is 1070. The number of aryl methyl sites for hydroxylation is 2. The van der Waals surface area contributed by atoms with E-state index in [1.54, 1.807) is 26.1 Å². The Morgan fingerprint density at radius 1 is 1.21 bits per heavy atom. The van der Waals surface area contributed by atoms with Crippen molar-refractivity contribution in [3.63, 3.8) is 0 Å². The molecule has 34 heavy (non-hydrogen) atoms. The first kappa shape index (κ1) is 29.1. The van der Waals surface area contributed by atoms with Gasteiger partial charge in [-0.25, -0.2) is 9.18 Å². The van der Waals surface area contributed by atoms with Gasteiger partial charge in [-0.1, -0.05) is 33.1 Å². The number of carbonyl (C=O) groups is 1. The number of fused-ring (bicyclic) bond motifs is 1. The van der Waals surface area contributed by atoms with Crippen molar-refractivity contribution in [2.24, 2.45) is 7.05 Å². The number of unbranched alkanes of at least 4 members (excludes halogenated alkanes) is 3. The van der Waals surface area contributed by atoms with Crippen molar-refractivity contribution in [3.8, 4) is 16.5 Å². The Balaban J connectivity index is 0.000000307. The molecule has 1 N–H and O–H groups in total. The molecule has 7 nitrogen and oxygen atoms in total. The fraction of sp³-hybridized carbons (Fsp3) is 0.480. The van der Waals surface area contributed by atoms with Gasteiger partial charge in [-0.05, 0) is 49.6 Å². The van der Waals surface area contributed by atoms with E-state index in [1.807, 2.05) is 12.1 Å². The van der Waals surface area contributed by atoms with E-state index in [1.165, 1.54) is 47.7 Å². The summed E-state index contributed by atoms with van der Waals surface area (Å²) >= 11 is 1.40. The molecule has 1 amide bonds. The monoisotopic (exact) mass is 491 g/mol. The van der Waals surface area contributed by atoms with Crippen LogP contribution in [0.15, 0.2) is 33.5 Å². The number of benzene rings is 1. The van der Waals surface area contributed by atoms with Gasteiger partial charge in [-0.15, -0.1) is 11.3 Å². The highest BCUT2D eigenvalue weighted by molar-refractivity contribution is 7.15. The van der Waals surface area contributed by atoms with Crippen LogP contribution < -0.4 is 11.1 Å². The summed E-state index contributed by atoms with van der Waals surface area (Å²) in [6.45, 7) is 8.12. The second-order valence-electron chi connectivity index (χ2n) is 7.45. The lowest BCUT2D eigenvalue weighted by molar-refractivity contribution is -0.109. The Labute approximate surface area is 204 Å². The number of nitrogens with zero attached hydrogens (tertiary/aromatic N) is 2. The maximum Gasteiger partial charge on any atom is 0.419 e. The molecular formula is C25H34FN3O4S. The molecule has 0 fully saturated rings. The highest BCUT2D eigenvalue weighted by Gasteiger charge is 2.10. The molecule has 0 saturated carbocycles. The standard InChI is InChI=1S/C13H10FNO2S.C9H20O.C3H4N2O/c1-7-9(14)6-12(18-7)8-3-4-11-10(5-8)15(2)13(16)17-11;1-3-5-6-7-9-10-8-4-2;4-1-2-5-3-6/h3-6H,1-2H3;3-9H2,1-2H3;3H,2H2,(H,5,6). The molecule has 0 saturated heterocycles. The number of hydrogen-bond acceptors (Lipinski definition) is 6. The average Bonchev–Trinajstić information content (AvgIpc) is 3.32. The number of rotatable bonds is 10. The zero-order valence-electron chi connectivity index (χ0n) is 20.4. The second kappa shape index (κ2) is 16.6. The summed E-state index contributed by atoms with van der Waals surface area (Å²) in [5, 5.41) is 9.88. The Kier molecular flexibility index (Phi) is 14.2. The summed E-state index contributed by atoms with van der Waals surface area (Å²) < 4.78 is 25.2. The van der Waals surface area contributed by atoms with Gasteiger partial charge in [0, 0.05) is 30.0 Å². The molecule has 0 aliphatic rings. The molecule has 0 unspecified atom stereocenters. The van der Waals surface area contributed by atoms with E-state index >= 15 is 0 Å². The van der Waals surface area contributed by atoms with Crippen LogP contribution in [0.2, 0.25) is 0 Å². The normalized spacial score (nSPS) is 10.0. The predicted molar refractivity (Wildman–Crippen MR) is 134 cm³/mol. The summed E-state index contributed by atoms with van der Waals surface area (Å²) in [4.78, 5) is 22.2. The van der Waals surface area contributed by atoms with Gasteiger partial charge in [-0.3, -0.25) is 9.36 Å². The number of carbonyl (C=O) groups excluding carboxylic acids is 1. The molecule has 2 heterocycles. The number of nitriles is 1. The van der Waals surface area contributed by atoms with Crippen molar-refractivity contribution >= 4 is 28.8 Å². The topological polar surface area (TPSA) is 97.3 Å². The van der Waals surface area contributed by atoms with Gasteiger partial charge in [0.1, 0.15) is 12.4 Å². The van der Waals surface area contributed by atoms with Crippen molar-refractivity contribution in [1.29, 1.82) is 5.26 Å². The van der Waals surface area contributed by atoms with Gasteiger partial charge in [0.05, 0.1) is 11.6 Å². The van der Waals surface area contributed by atoms with E-state index in [0.717, 1.165) is 30.1 Å². The number of amides is 1. The summed E-state index contributed by atoms with van der Waals surface area (Å²) in [6, 6.07) is 8.64. The van der Waals surface area contributed by atoms with Crippen LogP contribution in [0, 0.1) is 24.1 Å². The van der Waals surface area contributed by atoms with Gasteiger partial charge in [0.25, 0.3) is 0 Å². The van der Waals surface area contributed by atoms with Crippen LogP contribution in [0.25, 0.3) is 21.5 Å². The first-order valence-corrected chi connectivity index (χ1v) is 12.2. The van der Waals surface area contributed by atoms with Gasteiger partial charge in [0.2, 0.25) is 6.41 Å². The van der Waals surface area contributed by atoms with Crippen LogP contribution in [0.4, 0.5) is 4.39 Å². The summed E-state index contributed by atoms with van der Waals surface area (Å²) in [7, 11) is 1.65. The van der Waals surface area contributed by atoms with Gasteiger partial charge in [0.15, 0.2) is 5.58 Å². The molecule has 2 aromatic heterocycles. The minimum atomic E-state index is -0.393. The van der Waals surface area contributed by atoms with E-state index in [4.69, 9.17) is 14.4 Å². The van der Waals surface area contributed by atoms with Crippen LogP contribution >= 0.6 is 11.3 Å². The number of nitrogens with one attached hydrogen (secondary N) is 1. The van der Waals surface area contributed by atoms with Crippen molar-refractivity contribution in [1.82, 2.24) is 9.88 Å². The van der Waals surface area contributed by atoms with Crippen molar-refractivity contribution in [3.05, 3.63) is 45.5 Å². The minimum absolute atomic E-state index is 0.101. The summed E-state index contributed by atoms with van der Waals surface area (Å²) in [6.07, 6.45) is 6.88. The van der Waals surface area contributed by atoms with Crippen LogP contribution in [0.1, 0.15) is 50.8 Å². The third-order valence-corrected chi connectivity index (χ3v) is 5.76. The molecule has 1 aromatic carbocycles. The summed E-state index contributed by atoms with van der Waals surface area (Å²) in [5.41, 5.74) is 2.14. The third-order valence-electron chi connectivity index (χ3n) is 4.69. The maximum absolute atomic E-state index is 13.4. The number of thiophene rings is 1. The van der Waals surface area contributed by atoms with E-state index in [0.29, 0.717) is 22.4 Å². The van der Waals surface area contributed by atoms with Crippen LogP contribution in [-0.2, 0) is 16.6 Å². The Hall–Kier alpha value is -2.96. The quantitative estimate of drug-likeness (QED) is 0.228. The SMILES string of the molecule is CCCCCCOCCC.Cc1sc(-c2ccc3oc(=O)n(C)c3c2)cc1F.N#CCNC=O.